The zero-order chi connectivity index (χ0) is 26.5. The quantitative estimate of drug-likeness (QED) is 0.295. The minimum absolute atomic E-state index is 0.0180. The summed E-state index contributed by atoms with van der Waals surface area (Å²) in [6.07, 6.45) is -0.809. The summed E-state index contributed by atoms with van der Waals surface area (Å²) in [6, 6.07) is 26.7. The summed E-state index contributed by atoms with van der Waals surface area (Å²) in [5.41, 5.74) is 8.07. The second-order valence-electron chi connectivity index (χ2n) is 7.89. The van der Waals surface area contributed by atoms with Gasteiger partial charge in [0.25, 0.3) is 0 Å². The molecule has 0 aliphatic rings. The van der Waals surface area contributed by atoms with Gasteiger partial charge in [-0.15, -0.1) is 0 Å². The van der Waals surface area contributed by atoms with Crippen molar-refractivity contribution in [3.63, 3.8) is 0 Å². The van der Waals surface area contributed by atoms with Gasteiger partial charge in [-0.05, 0) is 70.8 Å². The van der Waals surface area contributed by atoms with Gasteiger partial charge in [-0.1, -0.05) is 48.5 Å². The average Bonchev–Trinajstić information content (AvgIpc) is 2.91. The van der Waals surface area contributed by atoms with Crippen LogP contribution in [-0.4, -0.2) is 11.2 Å². The van der Waals surface area contributed by atoms with Crippen LogP contribution in [0.3, 0.4) is 0 Å². The fourth-order valence-corrected chi connectivity index (χ4v) is 3.11. The summed E-state index contributed by atoms with van der Waals surface area (Å²) in [4.78, 5) is 10.5. The topological polar surface area (TPSA) is 91.0 Å². The summed E-state index contributed by atoms with van der Waals surface area (Å²) in [7, 11) is 0. The van der Waals surface area contributed by atoms with Gasteiger partial charge >= 0.3 is 6.09 Å². The number of halogens is 2. The standard InChI is InChI=1S/C15H14FNO3.C14H13FO2/c16-13-3-1-2-12(8-13)10-19-14-6-4-11(5-7-14)9-20-15(17)18;15-13-3-1-2-12(8-13)10-17-14-6-4-11(9-16)5-7-14/h1-8H,9-10H2,(H2,17,18);1-8,16H,9-10H2. The Hall–Kier alpha value is -4.43. The number of amides is 1. The largest absolute Gasteiger partial charge is 0.489 e. The molecule has 0 aliphatic heterocycles. The highest BCUT2D eigenvalue weighted by Crippen LogP contribution is 2.16. The number of aliphatic hydroxyl groups excluding tert-OH is 1. The molecular weight excluding hydrogens is 480 g/mol. The van der Waals surface area contributed by atoms with Crippen LogP contribution >= 0.6 is 0 Å². The van der Waals surface area contributed by atoms with Crippen molar-refractivity contribution in [3.8, 4) is 11.5 Å². The van der Waals surface area contributed by atoms with E-state index in [1.165, 1.54) is 24.3 Å². The smallest absolute Gasteiger partial charge is 0.404 e. The molecule has 6 nitrogen and oxygen atoms in total. The fraction of sp³-hybridized carbons (Fsp3) is 0.138. The molecule has 0 heterocycles. The van der Waals surface area contributed by atoms with Gasteiger partial charge in [-0.3, -0.25) is 0 Å². The molecule has 0 bridgehead atoms. The second kappa shape index (κ2) is 14.2. The molecule has 0 unspecified atom stereocenters. The highest BCUT2D eigenvalue weighted by atomic mass is 19.1. The van der Waals surface area contributed by atoms with Crippen molar-refractivity contribution in [2.24, 2.45) is 5.73 Å². The maximum Gasteiger partial charge on any atom is 0.404 e. The first-order valence-corrected chi connectivity index (χ1v) is 11.4. The summed E-state index contributed by atoms with van der Waals surface area (Å²) in [5.74, 6) is 0.801. The Labute approximate surface area is 213 Å². The Morgan fingerprint density at radius 3 is 1.51 bits per heavy atom. The molecule has 0 spiro atoms. The van der Waals surface area contributed by atoms with Gasteiger partial charge < -0.3 is 25.1 Å². The van der Waals surface area contributed by atoms with Crippen molar-refractivity contribution in [1.82, 2.24) is 0 Å². The van der Waals surface area contributed by atoms with E-state index < -0.39 is 6.09 Å². The molecule has 4 rings (SSSR count). The number of primary amides is 1. The molecule has 4 aromatic rings. The fourth-order valence-electron chi connectivity index (χ4n) is 3.11. The first-order chi connectivity index (χ1) is 17.9. The van der Waals surface area contributed by atoms with Crippen molar-refractivity contribution in [1.29, 1.82) is 0 Å². The van der Waals surface area contributed by atoms with E-state index in [1.54, 1.807) is 66.7 Å². The molecule has 37 heavy (non-hydrogen) atoms. The number of nitrogens with two attached hydrogens (primary N) is 1. The van der Waals surface area contributed by atoms with E-state index in [9.17, 15) is 13.6 Å². The Bertz CT molecular complexity index is 1260. The summed E-state index contributed by atoms with van der Waals surface area (Å²) >= 11 is 0. The lowest BCUT2D eigenvalue weighted by atomic mass is 10.2. The number of aliphatic hydroxyl groups is 1. The molecule has 0 saturated carbocycles. The number of rotatable bonds is 9. The predicted molar refractivity (Wildman–Crippen MR) is 135 cm³/mol. The van der Waals surface area contributed by atoms with E-state index in [0.717, 1.165) is 22.3 Å². The van der Waals surface area contributed by atoms with Crippen LogP contribution in [0, 0.1) is 11.6 Å². The molecule has 0 atom stereocenters. The molecule has 192 valence electrons. The van der Waals surface area contributed by atoms with Crippen molar-refractivity contribution < 1.29 is 32.9 Å². The van der Waals surface area contributed by atoms with Gasteiger partial charge in [-0.25, -0.2) is 13.6 Å². The van der Waals surface area contributed by atoms with E-state index in [-0.39, 0.29) is 31.5 Å². The Balaban J connectivity index is 0.000000208. The maximum atomic E-state index is 13.0. The van der Waals surface area contributed by atoms with Gasteiger partial charge in [0.15, 0.2) is 0 Å². The van der Waals surface area contributed by atoms with Crippen molar-refractivity contribution >= 4 is 6.09 Å². The highest BCUT2D eigenvalue weighted by Gasteiger charge is 2.01. The summed E-state index contributed by atoms with van der Waals surface area (Å²) in [5, 5.41) is 8.88. The molecule has 3 N–H and O–H groups in total. The molecule has 4 aromatic carbocycles. The zero-order valence-electron chi connectivity index (χ0n) is 20.0. The molecule has 0 saturated heterocycles. The van der Waals surface area contributed by atoms with E-state index in [0.29, 0.717) is 18.1 Å². The van der Waals surface area contributed by atoms with Crippen LogP contribution < -0.4 is 15.2 Å². The normalized spacial score (nSPS) is 10.1. The van der Waals surface area contributed by atoms with E-state index in [2.05, 4.69) is 4.74 Å². The molecule has 0 radical (unpaired) electrons. The van der Waals surface area contributed by atoms with Gasteiger partial charge in [0.2, 0.25) is 0 Å². The molecule has 0 aliphatic carbocycles. The van der Waals surface area contributed by atoms with Crippen LogP contribution in [0.5, 0.6) is 11.5 Å². The van der Waals surface area contributed by atoms with Crippen molar-refractivity contribution in [3.05, 3.63) is 131 Å². The van der Waals surface area contributed by atoms with Crippen molar-refractivity contribution in [2.45, 2.75) is 26.4 Å². The Kier molecular flexibility index (Phi) is 10.4. The summed E-state index contributed by atoms with van der Waals surface area (Å²) < 4.78 is 41.6. The van der Waals surface area contributed by atoms with E-state index in [1.807, 2.05) is 6.07 Å². The average molecular weight is 508 g/mol. The van der Waals surface area contributed by atoms with E-state index in [4.69, 9.17) is 20.3 Å². The van der Waals surface area contributed by atoms with Crippen LogP contribution in [0.1, 0.15) is 22.3 Å². The van der Waals surface area contributed by atoms with Crippen molar-refractivity contribution in [2.75, 3.05) is 0 Å². The highest BCUT2D eigenvalue weighted by molar-refractivity contribution is 5.64. The zero-order valence-corrected chi connectivity index (χ0v) is 20.0. The van der Waals surface area contributed by atoms with Crippen LogP contribution in [0.2, 0.25) is 0 Å². The van der Waals surface area contributed by atoms with E-state index >= 15 is 0 Å². The third-order valence-corrected chi connectivity index (χ3v) is 5.00. The number of carbonyl (C=O) groups excluding carboxylic acids is 1. The van der Waals surface area contributed by atoms with Crippen LogP contribution in [0.15, 0.2) is 97.1 Å². The third-order valence-electron chi connectivity index (χ3n) is 5.00. The summed E-state index contributed by atoms with van der Waals surface area (Å²) in [6.45, 7) is 0.759. The third kappa shape index (κ3) is 9.99. The lowest BCUT2D eigenvalue weighted by molar-refractivity contribution is 0.150. The van der Waals surface area contributed by atoms with Crippen LogP contribution in [-0.2, 0) is 31.2 Å². The second-order valence-corrected chi connectivity index (χ2v) is 7.89. The molecule has 8 heteroatoms. The molecule has 0 fully saturated rings. The van der Waals surface area contributed by atoms with Gasteiger partial charge in [0.1, 0.15) is 43.0 Å². The SMILES string of the molecule is NC(=O)OCc1ccc(OCc2cccc(F)c2)cc1.OCc1ccc(OCc2cccc(F)c2)cc1. The maximum absolute atomic E-state index is 13.0. The molecular formula is C29H27F2NO5. The molecule has 1 amide bonds. The number of hydrogen-bond donors (Lipinski definition) is 2. The first kappa shape index (κ1) is 27.2. The minimum atomic E-state index is -0.809. The lowest BCUT2D eigenvalue weighted by Gasteiger charge is -2.07. The van der Waals surface area contributed by atoms with Crippen LogP contribution in [0.4, 0.5) is 13.6 Å². The van der Waals surface area contributed by atoms with Gasteiger partial charge in [-0.2, -0.15) is 0 Å². The predicted octanol–water partition coefficient (Wildman–Crippen LogP) is 5.90. The Morgan fingerprint density at radius 2 is 1.11 bits per heavy atom. The monoisotopic (exact) mass is 507 g/mol. The van der Waals surface area contributed by atoms with Gasteiger partial charge in [0.05, 0.1) is 6.61 Å². The number of benzene rings is 4. The first-order valence-electron chi connectivity index (χ1n) is 11.4. The molecule has 0 aromatic heterocycles. The van der Waals surface area contributed by atoms with Gasteiger partial charge in [0, 0.05) is 0 Å². The Morgan fingerprint density at radius 1 is 0.649 bits per heavy atom. The minimum Gasteiger partial charge on any atom is -0.489 e. The number of hydrogen-bond acceptors (Lipinski definition) is 5. The lowest BCUT2D eigenvalue weighted by Crippen LogP contribution is -2.12. The number of carbonyl (C=O) groups is 1. The van der Waals surface area contributed by atoms with Crippen LogP contribution in [0.25, 0.3) is 0 Å². The number of ether oxygens (including phenoxy) is 3.